The van der Waals surface area contributed by atoms with Gasteiger partial charge >= 0.3 is 6.03 Å². The van der Waals surface area contributed by atoms with E-state index in [4.69, 9.17) is 10.5 Å². The Labute approximate surface area is 80.0 Å². The third kappa shape index (κ3) is 3.05. The van der Waals surface area contributed by atoms with E-state index in [-0.39, 0.29) is 0 Å². The highest BCUT2D eigenvalue weighted by Crippen LogP contribution is 2.01. The molecule has 0 aliphatic heterocycles. The summed E-state index contributed by atoms with van der Waals surface area (Å²) in [5, 5.41) is 10.9. The summed E-state index contributed by atoms with van der Waals surface area (Å²) >= 11 is 0. The molecule has 0 fully saturated rings. The first-order valence-electron chi connectivity index (χ1n) is 3.68. The molecule has 74 valence electrons. The number of hydrazone groups is 1. The molecule has 0 unspecified atom stereocenters. The number of ether oxygens (including phenoxy) is 1. The lowest BCUT2D eigenvalue weighted by molar-refractivity contribution is 0.249. The van der Waals surface area contributed by atoms with Gasteiger partial charge in [0.15, 0.2) is 0 Å². The average molecular weight is 195 g/mol. The molecule has 1 heterocycles. The van der Waals surface area contributed by atoms with Crippen LogP contribution in [0.25, 0.3) is 0 Å². The van der Waals surface area contributed by atoms with Gasteiger partial charge in [-0.05, 0) is 6.07 Å². The van der Waals surface area contributed by atoms with Crippen molar-refractivity contribution in [3.05, 3.63) is 17.8 Å². The van der Waals surface area contributed by atoms with Gasteiger partial charge in [0.25, 0.3) is 0 Å². The topological polar surface area (TPSA) is 102 Å². The first-order valence-corrected chi connectivity index (χ1v) is 3.68. The van der Waals surface area contributed by atoms with E-state index in [0.29, 0.717) is 11.6 Å². The fourth-order valence-corrected chi connectivity index (χ4v) is 0.670. The lowest BCUT2D eigenvalue weighted by Crippen LogP contribution is -2.24. The number of carbonyl (C=O) groups is 1. The maximum Gasteiger partial charge on any atom is 0.332 e. The fourth-order valence-electron chi connectivity index (χ4n) is 0.670. The van der Waals surface area contributed by atoms with Gasteiger partial charge in [-0.1, -0.05) is 0 Å². The van der Waals surface area contributed by atoms with E-state index in [9.17, 15) is 4.79 Å². The summed E-state index contributed by atoms with van der Waals surface area (Å²) in [6.07, 6.45) is 1.32. The highest BCUT2D eigenvalue weighted by Gasteiger charge is 1.93. The fraction of sp³-hybridized carbons (Fsp3) is 0.143. The number of rotatable bonds is 3. The van der Waals surface area contributed by atoms with E-state index in [1.807, 2.05) is 5.43 Å². The first kappa shape index (κ1) is 9.90. The minimum absolute atomic E-state index is 0.407. The Hall–Kier alpha value is -2.18. The Morgan fingerprint density at radius 3 is 2.93 bits per heavy atom. The second-order valence-corrected chi connectivity index (χ2v) is 2.23. The number of aromatic nitrogens is 2. The van der Waals surface area contributed by atoms with Crippen LogP contribution >= 0.6 is 0 Å². The highest BCUT2D eigenvalue weighted by atomic mass is 16.5. The van der Waals surface area contributed by atoms with E-state index in [2.05, 4.69) is 15.3 Å². The Morgan fingerprint density at radius 1 is 1.64 bits per heavy atom. The van der Waals surface area contributed by atoms with Crippen LogP contribution in [0.1, 0.15) is 5.69 Å². The molecule has 14 heavy (non-hydrogen) atoms. The maximum absolute atomic E-state index is 10.2. The smallest absolute Gasteiger partial charge is 0.332 e. The zero-order valence-corrected chi connectivity index (χ0v) is 7.47. The van der Waals surface area contributed by atoms with Crippen molar-refractivity contribution in [2.75, 3.05) is 7.11 Å². The van der Waals surface area contributed by atoms with E-state index >= 15 is 0 Å². The van der Waals surface area contributed by atoms with Gasteiger partial charge in [-0.15, -0.1) is 10.2 Å². The van der Waals surface area contributed by atoms with Crippen LogP contribution in [0.3, 0.4) is 0 Å². The summed E-state index contributed by atoms with van der Waals surface area (Å²) in [4.78, 5) is 10.2. The Kier molecular flexibility index (Phi) is 3.36. The first-order chi connectivity index (χ1) is 6.72. The summed E-state index contributed by atoms with van der Waals surface area (Å²) in [5.41, 5.74) is 7.30. The van der Waals surface area contributed by atoms with Gasteiger partial charge in [-0.25, -0.2) is 10.2 Å². The molecule has 0 bridgehead atoms. The normalized spacial score (nSPS) is 10.1. The van der Waals surface area contributed by atoms with Gasteiger partial charge < -0.3 is 10.5 Å². The second-order valence-electron chi connectivity index (χ2n) is 2.23. The predicted octanol–water partition coefficient (Wildman–Crippen LogP) is -0.513. The number of nitrogens with one attached hydrogen (secondary N) is 1. The SMILES string of the molecule is COc1ccc(/C=N/NC(N)=O)nn1. The van der Waals surface area contributed by atoms with Crippen molar-refractivity contribution in [1.29, 1.82) is 0 Å². The molecule has 3 N–H and O–H groups in total. The van der Waals surface area contributed by atoms with Crippen LogP contribution in [0.4, 0.5) is 4.79 Å². The van der Waals surface area contributed by atoms with Crippen LogP contribution in [0.15, 0.2) is 17.2 Å². The van der Waals surface area contributed by atoms with E-state index in [0.717, 1.165) is 0 Å². The number of urea groups is 1. The van der Waals surface area contributed by atoms with Crippen LogP contribution in [0.5, 0.6) is 5.88 Å². The Bertz CT molecular complexity index is 334. The predicted molar refractivity (Wildman–Crippen MR) is 48.9 cm³/mol. The number of nitrogens with two attached hydrogens (primary N) is 1. The van der Waals surface area contributed by atoms with Crippen LogP contribution in [-0.2, 0) is 0 Å². The van der Waals surface area contributed by atoms with Gasteiger partial charge in [0, 0.05) is 6.07 Å². The molecule has 1 aromatic rings. The summed E-state index contributed by atoms with van der Waals surface area (Å²) < 4.78 is 4.80. The maximum atomic E-state index is 10.2. The number of methoxy groups -OCH3 is 1. The van der Waals surface area contributed by atoms with Gasteiger partial charge in [0.1, 0.15) is 5.69 Å². The van der Waals surface area contributed by atoms with Crippen molar-refractivity contribution < 1.29 is 9.53 Å². The van der Waals surface area contributed by atoms with Crippen molar-refractivity contribution >= 4 is 12.2 Å². The molecule has 0 aliphatic rings. The molecule has 0 atom stereocenters. The Balaban J connectivity index is 2.59. The molecule has 0 saturated carbocycles. The van der Waals surface area contributed by atoms with Crippen LogP contribution in [0.2, 0.25) is 0 Å². The number of carbonyl (C=O) groups excluding carboxylic acids is 1. The molecule has 0 saturated heterocycles. The molecule has 0 aliphatic carbocycles. The summed E-state index contributed by atoms with van der Waals surface area (Å²) in [6, 6.07) is 2.53. The molecule has 2 amide bonds. The lowest BCUT2D eigenvalue weighted by Gasteiger charge is -1.96. The standard InChI is InChI=1S/C7H9N5O2/c1-14-6-3-2-5(10-11-6)4-9-12-7(8)13/h2-4H,1H3,(H3,8,12,13)/b9-4+. The van der Waals surface area contributed by atoms with Crippen molar-refractivity contribution in [1.82, 2.24) is 15.6 Å². The van der Waals surface area contributed by atoms with Crippen LogP contribution in [-0.4, -0.2) is 29.6 Å². The zero-order chi connectivity index (χ0) is 10.4. The van der Waals surface area contributed by atoms with Gasteiger partial charge in [0.2, 0.25) is 5.88 Å². The summed E-state index contributed by atoms with van der Waals surface area (Å²) in [6.45, 7) is 0. The third-order valence-corrected chi connectivity index (χ3v) is 1.24. The number of hydrogen-bond acceptors (Lipinski definition) is 5. The van der Waals surface area contributed by atoms with Crippen molar-refractivity contribution in [3.8, 4) is 5.88 Å². The van der Waals surface area contributed by atoms with Crippen LogP contribution in [0, 0.1) is 0 Å². The third-order valence-electron chi connectivity index (χ3n) is 1.24. The molecule has 0 spiro atoms. The average Bonchev–Trinajstić information content (AvgIpc) is 2.18. The molecular weight excluding hydrogens is 186 g/mol. The van der Waals surface area contributed by atoms with Crippen molar-refractivity contribution in [2.45, 2.75) is 0 Å². The van der Waals surface area contributed by atoms with E-state index < -0.39 is 6.03 Å². The van der Waals surface area contributed by atoms with Crippen molar-refractivity contribution in [3.63, 3.8) is 0 Å². The summed E-state index contributed by atoms with van der Waals surface area (Å²) in [7, 11) is 1.49. The van der Waals surface area contributed by atoms with Gasteiger partial charge in [-0.2, -0.15) is 5.10 Å². The van der Waals surface area contributed by atoms with Crippen LogP contribution < -0.4 is 15.9 Å². The van der Waals surface area contributed by atoms with Crippen molar-refractivity contribution in [2.24, 2.45) is 10.8 Å². The highest BCUT2D eigenvalue weighted by molar-refractivity contribution is 5.79. The zero-order valence-electron chi connectivity index (χ0n) is 7.47. The van der Waals surface area contributed by atoms with E-state index in [1.54, 1.807) is 12.1 Å². The number of primary amides is 1. The lowest BCUT2D eigenvalue weighted by atomic mass is 10.4. The second kappa shape index (κ2) is 4.75. The largest absolute Gasteiger partial charge is 0.480 e. The number of nitrogens with zero attached hydrogens (tertiary/aromatic N) is 3. The van der Waals surface area contributed by atoms with Gasteiger partial charge in [0.05, 0.1) is 13.3 Å². The quantitative estimate of drug-likeness (QED) is 0.500. The molecule has 0 aromatic carbocycles. The van der Waals surface area contributed by atoms with Gasteiger partial charge in [-0.3, -0.25) is 0 Å². The molecule has 0 radical (unpaired) electrons. The minimum atomic E-state index is -0.734. The number of amides is 2. The minimum Gasteiger partial charge on any atom is -0.480 e. The van der Waals surface area contributed by atoms with E-state index in [1.165, 1.54) is 13.3 Å². The number of hydrogen-bond donors (Lipinski definition) is 2. The summed E-state index contributed by atoms with van der Waals surface area (Å²) in [5.74, 6) is 0.407. The molecule has 7 nitrogen and oxygen atoms in total. The Morgan fingerprint density at radius 2 is 2.43 bits per heavy atom. The molecular formula is C7H9N5O2. The molecule has 1 rings (SSSR count). The molecule has 1 aromatic heterocycles. The molecule has 7 heteroatoms. The monoisotopic (exact) mass is 195 g/mol.